The van der Waals surface area contributed by atoms with E-state index in [1.165, 1.54) is 16.8 Å². The number of hydrogen-bond donors (Lipinski definition) is 1. The van der Waals surface area contributed by atoms with Crippen LogP contribution in [0.15, 0.2) is 66.1 Å². The molecule has 0 saturated heterocycles. The number of alkyl halides is 3. The molecule has 0 aliphatic carbocycles. The molecule has 0 aliphatic rings. The fourth-order valence-electron chi connectivity index (χ4n) is 2.32. The Kier molecular flexibility index (Phi) is 5.76. The number of thioether (sulfide) groups is 1. The highest BCUT2D eigenvalue weighted by Gasteiger charge is 2.30. The van der Waals surface area contributed by atoms with Crippen LogP contribution in [-0.2, 0) is 11.0 Å². The van der Waals surface area contributed by atoms with Gasteiger partial charge < -0.3 is 5.32 Å². The predicted octanol–water partition coefficient (Wildman–Crippen LogP) is 5.28. The lowest BCUT2D eigenvalue weighted by molar-refractivity contribution is -0.137. The van der Waals surface area contributed by atoms with E-state index in [1.54, 1.807) is 36.5 Å². The zero-order valence-electron chi connectivity index (χ0n) is 13.7. The van der Waals surface area contributed by atoms with Crippen molar-refractivity contribution in [3.05, 3.63) is 71.5 Å². The fourth-order valence-corrected chi connectivity index (χ4v) is 3.28. The molecule has 1 N–H and O–H groups in total. The van der Waals surface area contributed by atoms with Crippen LogP contribution in [0.1, 0.15) is 5.56 Å². The Balaban J connectivity index is 1.70. The van der Waals surface area contributed by atoms with Crippen molar-refractivity contribution in [2.45, 2.75) is 11.3 Å². The lowest BCUT2D eigenvalue weighted by atomic mass is 10.2. The third kappa shape index (κ3) is 5.05. The first-order valence-corrected chi connectivity index (χ1v) is 9.08. The lowest BCUT2D eigenvalue weighted by Crippen LogP contribution is -2.14. The molecule has 0 atom stereocenters. The summed E-state index contributed by atoms with van der Waals surface area (Å²) in [5, 5.41) is 3.62. The molecule has 0 unspecified atom stereocenters. The highest BCUT2D eigenvalue weighted by Crippen LogP contribution is 2.31. The molecule has 3 aromatic rings. The number of benzene rings is 2. The van der Waals surface area contributed by atoms with E-state index in [0.717, 1.165) is 23.9 Å². The summed E-state index contributed by atoms with van der Waals surface area (Å²) in [6.45, 7) is 0. The summed E-state index contributed by atoms with van der Waals surface area (Å²) in [7, 11) is 0. The van der Waals surface area contributed by atoms with E-state index in [9.17, 15) is 18.0 Å². The predicted molar refractivity (Wildman–Crippen MR) is 99.4 cm³/mol. The van der Waals surface area contributed by atoms with Crippen LogP contribution in [0.2, 0.25) is 5.02 Å². The zero-order valence-corrected chi connectivity index (χ0v) is 15.3. The van der Waals surface area contributed by atoms with Gasteiger partial charge in [0.05, 0.1) is 11.3 Å². The molecular weight excluding hydrogens is 399 g/mol. The van der Waals surface area contributed by atoms with Gasteiger partial charge in [-0.15, -0.1) is 0 Å². The van der Waals surface area contributed by atoms with E-state index in [4.69, 9.17) is 11.6 Å². The van der Waals surface area contributed by atoms with E-state index in [-0.39, 0.29) is 11.7 Å². The minimum absolute atomic E-state index is 0.0441. The first-order valence-electron chi connectivity index (χ1n) is 7.72. The van der Waals surface area contributed by atoms with Crippen molar-refractivity contribution >= 4 is 35.0 Å². The van der Waals surface area contributed by atoms with Crippen LogP contribution in [0.5, 0.6) is 0 Å². The Morgan fingerprint density at radius 2 is 1.96 bits per heavy atom. The van der Waals surface area contributed by atoms with Crippen LogP contribution in [0.4, 0.5) is 18.9 Å². The van der Waals surface area contributed by atoms with Gasteiger partial charge in [0.15, 0.2) is 5.16 Å². The number of halogens is 4. The molecule has 4 nitrogen and oxygen atoms in total. The number of amides is 1. The number of carbonyl (C=O) groups is 1. The number of rotatable bonds is 5. The molecule has 3 rings (SSSR count). The largest absolute Gasteiger partial charge is 0.416 e. The average molecular weight is 412 g/mol. The van der Waals surface area contributed by atoms with Gasteiger partial charge in [-0.1, -0.05) is 35.5 Å². The SMILES string of the molecule is O=C(CSc1nccn1-c1cccc(C(F)(F)F)c1)Nc1cccc(Cl)c1. The van der Waals surface area contributed by atoms with Gasteiger partial charge in [0.2, 0.25) is 5.91 Å². The van der Waals surface area contributed by atoms with Crippen molar-refractivity contribution in [1.29, 1.82) is 0 Å². The molecule has 0 spiro atoms. The Morgan fingerprint density at radius 1 is 1.19 bits per heavy atom. The molecule has 0 aliphatic heterocycles. The van der Waals surface area contributed by atoms with Crippen LogP contribution in [0, 0.1) is 0 Å². The summed E-state index contributed by atoms with van der Waals surface area (Å²) in [5.41, 5.74) is 0.137. The van der Waals surface area contributed by atoms with E-state index in [0.29, 0.717) is 21.6 Å². The van der Waals surface area contributed by atoms with Crippen molar-refractivity contribution in [2.75, 3.05) is 11.1 Å². The van der Waals surface area contributed by atoms with Crippen LogP contribution in [0.25, 0.3) is 5.69 Å². The van der Waals surface area contributed by atoms with E-state index < -0.39 is 11.7 Å². The molecule has 140 valence electrons. The third-order valence-corrected chi connectivity index (χ3v) is 4.70. The van der Waals surface area contributed by atoms with Gasteiger partial charge in [-0.25, -0.2) is 4.98 Å². The minimum Gasteiger partial charge on any atom is -0.325 e. The number of imidazole rings is 1. The van der Waals surface area contributed by atoms with Crippen LogP contribution >= 0.6 is 23.4 Å². The molecule has 0 radical (unpaired) electrons. The summed E-state index contributed by atoms with van der Waals surface area (Å²) in [6, 6.07) is 11.7. The van der Waals surface area contributed by atoms with Gasteiger partial charge in [0, 0.05) is 28.8 Å². The van der Waals surface area contributed by atoms with E-state index in [1.807, 2.05) is 0 Å². The monoisotopic (exact) mass is 411 g/mol. The van der Waals surface area contributed by atoms with Gasteiger partial charge in [0.25, 0.3) is 0 Å². The molecule has 0 saturated carbocycles. The highest BCUT2D eigenvalue weighted by atomic mass is 35.5. The molecule has 9 heteroatoms. The van der Waals surface area contributed by atoms with Crippen LogP contribution < -0.4 is 5.32 Å². The summed E-state index contributed by atoms with van der Waals surface area (Å²) in [6.07, 6.45) is -1.41. The molecule has 2 aromatic carbocycles. The van der Waals surface area contributed by atoms with Crippen molar-refractivity contribution < 1.29 is 18.0 Å². The maximum absolute atomic E-state index is 12.9. The smallest absolute Gasteiger partial charge is 0.325 e. The van der Waals surface area contributed by atoms with Crippen molar-refractivity contribution in [2.24, 2.45) is 0 Å². The first kappa shape index (κ1) is 19.3. The Labute approximate surface area is 162 Å². The van der Waals surface area contributed by atoms with Gasteiger partial charge >= 0.3 is 6.18 Å². The number of aromatic nitrogens is 2. The van der Waals surface area contributed by atoms with Gasteiger partial charge in [-0.05, 0) is 36.4 Å². The average Bonchev–Trinajstić information content (AvgIpc) is 3.08. The second-order valence-corrected chi connectivity index (χ2v) is 6.85. The lowest BCUT2D eigenvalue weighted by Gasteiger charge is -2.11. The maximum Gasteiger partial charge on any atom is 0.416 e. The second kappa shape index (κ2) is 8.06. The molecule has 27 heavy (non-hydrogen) atoms. The summed E-state index contributed by atoms with van der Waals surface area (Å²) in [5.74, 6) is -0.233. The summed E-state index contributed by atoms with van der Waals surface area (Å²) in [4.78, 5) is 16.2. The molecular formula is C18H13ClF3N3OS. The summed E-state index contributed by atoms with van der Waals surface area (Å²) < 4.78 is 40.2. The molecule has 1 aromatic heterocycles. The zero-order chi connectivity index (χ0) is 19.4. The number of nitrogens with zero attached hydrogens (tertiary/aromatic N) is 2. The normalized spacial score (nSPS) is 11.4. The van der Waals surface area contributed by atoms with Crippen molar-refractivity contribution in [3.63, 3.8) is 0 Å². The second-order valence-electron chi connectivity index (χ2n) is 5.48. The Morgan fingerprint density at radius 3 is 2.70 bits per heavy atom. The van der Waals surface area contributed by atoms with Gasteiger partial charge in [0.1, 0.15) is 0 Å². The summed E-state index contributed by atoms with van der Waals surface area (Å²) >= 11 is 6.99. The van der Waals surface area contributed by atoms with E-state index in [2.05, 4.69) is 10.3 Å². The van der Waals surface area contributed by atoms with Crippen molar-refractivity contribution in [1.82, 2.24) is 9.55 Å². The van der Waals surface area contributed by atoms with Crippen LogP contribution in [0.3, 0.4) is 0 Å². The molecule has 0 fully saturated rings. The Bertz CT molecular complexity index is 959. The fraction of sp³-hybridized carbons (Fsp3) is 0.111. The highest BCUT2D eigenvalue weighted by molar-refractivity contribution is 7.99. The van der Waals surface area contributed by atoms with E-state index >= 15 is 0 Å². The van der Waals surface area contributed by atoms with Crippen LogP contribution in [-0.4, -0.2) is 21.2 Å². The maximum atomic E-state index is 12.9. The quantitative estimate of drug-likeness (QED) is 0.581. The first-order chi connectivity index (χ1) is 12.8. The molecule has 1 amide bonds. The van der Waals surface area contributed by atoms with Crippen molar-refractivity contribution in [3.8, 4) is 5.69 Å². The van der Waals surface area contributed by atoms with Gasteiger partial charge in [-0.2, -0.15) is 13.2 Å². The third-order valence-electron chi connectivity index (χ3n) is 3.50. The minimum atomic E-state index is -4.43. The van der Waals surface area contributed by atoms with Gasteiger partial charge in [-0.3, -0.25) is 9.36 Å². The molecule has 1 heterocycles. The standard InChI is InChI=1S/C18H13ClF3N3OS/c19-13-4-2-5-14(10-13)24-16(26)11-27-17-23-7-8-25(17)15-6-1-3-12(9-15)18(20,21)22/h1-10H,11H2,(H,24,26). The number of anilines is 1. The molecule has 0 bridgehead atoms. The number of hydrogen-bond acceptors (Lipinski definition) is 3. The Hall–Kier alpha value is -2.45. The topological polar surface area (TPSA) is 46.9 Å². The number of carbonyl (C=O) groups excluding carboxylic acids is 1. The number of nitrogens with one attached hydrogen (secondary N) is 1.